The molecule has 0 radical (unpaired) electrons. The van der Waals surface area contributed by atoms with Crippen LogP contribution in [-0.2, 0) is 6.42 Å². The van der Waals surface area contributed by atoms with Crippen LogP contribution in [0.15, 0.2) is 6.20 Å². The first-order valence-corrected chi connectivity index (χ1v) is 3.64. The third-order valence-corrected chi connectivity index (χ3v) is 1.88. The minimum absolute atomic E-state index is 1.10. The normalized spacial score (nSPS) is 9.90. The lowest BCUT2D eigenvalue weighted by molar-refractivity contribution is 1.12. The summed E-state index contributed by atoms with van der Waals surface area (Å²) in [6.07, 6.45) is 3.16. The Hall–Kier alpha value is -0.920. The molecule has 1 aromatic rings. The van der Waals surface area contributed by atoms with Crippen molar-refractivity contribution in [3.63, 3.8) is 0 Å². The van der Waals surface area contributed by atoms with Gasteiger partial charge in [-0.1, -0.05) is 6.92 Å². The summed E-state index contributed by atoms with van der Waals surface area (Å²) in [5, 5.41) is 3.09. The fraction of sp³-hybridized carbons (Fsp3) is 0.500. The van der Waals surface area contributed by atoms with E-state index >= 15 is 0 Å². The zero-order valence-electron chi connectivity index (χ0n) is 6.78. The van der Waals surface area contributed by atoms with Gasteiger partial charge in [0, 0.05) is 13.2 Å². The molecule has 0 unspecified atom stereocenters. The highest BCUT2D eigenvalue weighted by atomic mass is 15.0. The highest BCUT2D eigenvalue weighted by Gasteiger charge is 2.01. The van der Waals surface area contributed by atoms with E-state index in [-0.39, 0.29) is 0 Å². The van der Waals surface area contributed by atoms with Gasteiger partial charge >= 0.3 is 0 Å². The molecule has 1 rings (SSSR count). The molecular formula is C8H14N2. The molecule has 0 atom stereocenters. The van der Waals surface area contributed by atoms with Gasteiger partial charge in [0.2, 0.25) is 0 Å². The highest BCUT2D eigenvalue weighted by Crippen LogP contribution is 2.16. The second kappa shape index (κ2) is 2.78. The van der Waals surface area contributed by atoms with Crippen LogP contribution in [0.3, 0.4) is 0 Å². The molecule has 2 N–H and O–H groups in total. The maximum atomic E-state index is 3.16. The lowest BCUT2D eigenvalue weighted by Crippen LogP contribution is -1.89. The van der Waals surface area contributed by atoms with Gasteiger partial charge in [0.1, 0.15) is 5.82 Å². The monoisotopic (exact) mass is 138 g/mol. The number of aromatic amines is 1. The van der Waals surface area contributed by atoms with Gasteiger partial charge in [-0.05, 0) is 24.5 Å². The summed E-state index contributed by atoms with van der Waals surface area (Å²) in [6.45, 7) is 4.29. The van der Waals surface area contributed by atoms with Crippen LogP contribution in [0.4, 0.5) is 5.82 Å². The minimum atomic E-state index is 1.10. The number of rotatable bonds is 2. The van der Waals surface area contributed by atoms with Crippen molar-refractivity contribution in [3.8, 4) is 0 Å². The molecule has 0 saturated heterocycles. The lowest BCUT2D eigenvalue weighted by Gasteiger charge is -1.97. The predicted molar refractivity (Wildman–Crippen MR) is 44.5 cm³/mol. The summed E-state index contributed by atoms with van der Waals surface area (Å²) in [7, 11) is 1.93. The van der Waals surface area contributed by atoms with Crippen molar-refractivity contribution in [1.82, 2.24) is 4.98 Å². The topological polar surface area (TPSA) is 27.8 Å². The standard InChI is InChI=1S/C8H14N2/c1-4-7-5-10-8(9-3)6(7)2/h5,9-10H,4H2,1-3H3. The molecule has 0 aliphatic heterocycles. The van der Waals surface area contributed by atoms with E-state index in [2.05, 4.69) is 30.3 Å². The number of anilines is 1. The van der Waals surface area contributed by atoms with E-state index in [9.17, 15) is 0 Å². The molecule has 2 nitrogen and oxygen atoms in total. The Morgan fingerprint density at radius 2 is 2.30 bits per heavy atom. The van der Waals surface area contributed by atoms with Gasteiger partial charge in [-0.3, -0.25) is 0 Å². The van der Waals surface area contributed by atoms with Crippen LogP contribution in [0.5, 0.6) is 0 Å². The number of hydrogen-bond donors (Lipinski definition) is 2. The van der Waals surface area contributed by atoms with Crippen LogP contribution < -0.4 is 5.32 Å². The van der Waals surface area contributed by atoms with E-state index in [0.717, 1.165) is 12.2 Å². The van der Waals surface area contributed by atoms with Gasteiger partial charge in [-0.2, -0.15) is 0 Å². The van der Waals surface area contributed by atoms with E-state index in [0.29, 0.717) is 0 Å². The lowest BCUT2D eigenvalue weighted by atomic mass is 10.2. The Morgan fingerprint density at radius 1 is 1.60 bits per heavy atom. The van der Waals surface area contributed by atoms with Gasteiger partial charge in [-0.15, -0.1) is 0 Å². The molecule has 1 heterocycles. The van der Waals surface area contributed by atoms with E-state index in [1.54, 1.807) is 0 Å². The molecule has 0 saturated carbocycles. The van der Waals surface area contributed by atoms with Crippen molar-refractivity contribution in [2.24, 2.45) is 0 Å². The molecule has 0 amide bonds. The average Bonchev–Trinajstić information content (AvgIpc) is 2.30. The summed E-state index contributed by atoms with van der Waals surface area (Å²) < 4.78 is 0. The molecule has 0 bridgehead atoms. The number of aromatic nitrogens is 1. The van der Waals surface area contributed by atoms with E-state index < -0.39 is 0 Å². The van der Waals surface area contributed by atoms with Gasteiger partial charge in [0.15, 0.2) is 0 Å². The zero-order chi connectivity index (χ0) is 7.56. The number of nitrogens with one attached hydrogen (secondary N) is 2. The van der Waals surface area contributed by atoms with Crippen LogP contribution >= 0.6 is 0 Å². The Balaban J connectivity index is 2.97. The highest BCUT2D eigenvalue weighted by molar-refractivity contribution is 5.48. The summed E-state index contributed by atoms with van der Waals surface area (Å²) in [5.74, 6) is 1.14. The van der Waals surface area contributed by atoms with Crippen LogP contribution in [0.2, 0.25) is 0 Å². The molecule has 1 aromatic heterocycles. The first-order chi connectivity index (χ1) is 4.79. The SMILES string of the molecule is CCc1c[nH]c(NC)c1C. The molecule has 0 aromatic carbocycles. The maximum Gasteiger partial charge on any atom is 0.106 e. The molecule has 2 heteroatoms. The maximum absolute atomic E-state index is 3.16. The van der Waals surface area contributed by atoms with Crippen LogP contribution in [0.1, 0.15) is 18.1 Å². The Labute approximate surface area is 61.7 Å². The molecule has 10 heavy (non-hydrogen) atoms. The fourth-order valence-electron chi connectivity index (χ4n) is 1.16. The summed E-state index contributed by atoms with van der Waals surface area (Å²) >= 11 is 0. The smallest absolute Gasteiger partial charge is 0.106 e. The van der Waals surface area contributed by atoms with Gasteiger partial charge in [0.25, 0.3) is 0 Å². The van der Waals surface area contributed by atoms with Crippen LogP contribution in [-0.4, -0.2) is 12.0 Å². The molecule has 0 aliphatic carbocycles. The quantitative estimate of drug-likeness (QED) is 0.642. The van der Waals surface area contributed by atoms with Gasteiger partial charge < -0.3 is 10.3 Å². The zero-order valence-corrected chi connectivity index (χ0v) is 6.78. The number of H-pyrrole nitrogens is 1. The van der Waals surface area contributed by atoms with Crippen molar-refractivity contribution in [2.45, 2.75) is 20.3 Å². The van der Waals surface area contributed by atoms with Crippen LogP contribution in [0.25, 0.3) is 0 Å². The molecule has 56 valence electrons. The van der Waals surface area contributed by atoms with Gasteiger partial charge in [0.05, 0.1) is 0 Å². The number of hydrogen-bond acceptors (Lipinski definition) is 1. The predicted octanol–water partition coefficient (Wildman–Crippen LogP) is 1.93. The molecule has 0 spiro atoms. The molecule has 0 fully saturated rings. The third-order valence-electron chi connectivity index (χ3n) is 1.88. The Kier molecular flexibility index (Phi) is 2.00. The van der Waals surface area contributed by atoms with E-state index in [1.165, 1.54) is 11.1 Å². The first-order valence-electron chi connectivity index (χ1n) is 3.64. The summed E-state index contributed by atoms with van der Waals surface area (Å²) in [5.41, 5.74) is 2.73. The second-order valence-corrected chi connectivity index (χ2v) is 2.42. The summed E-state index contributed by atoms with van der Waals surface area (Å²) in [6, 6.07) is 0. The minimum Gasteiger partial charge on any atom is -0.374 e. The van der Waals surface area contributed by atoms with E-state index in [4.69, 9.17) is 0 Å². The van der Waals surface area contributed by atoms with Crippen molar-refractivity contribution in [1.29, 1.82) is 0 Å². The number of aryl methyl sites for hydroxylation is 1. The molecule has 0 aliphatic rings. The van der Waals surface area contributed by atoms with Crippen molar-refractivity contribution in [2.75, 3.05) is 12.4 Å². The average molecular weight is 138 g/mol. The van der Waals surface area contributed by atoms with Gasteiger partial charge in [-0.25, -0.2) is 0 Å². The summed E-state index contributed by atoms with van der Waals surface area (Å²) in [4.78, 5) is 3.16. The fourth-order valence-corrected chi connectivity index (χ4v) is 1.16. The Bertz CT molecular complexity index is 192. The van der Waals surface area contributed by atoms with E-state index in [1.807, 2.05) is 7.05 Å². The molecular weight excluding hydrogens is 124 g/mol. The van der Waals surface area contributed by atoms with Crippen molar-refractivity contribution in [3.05, 3.63) is 17.3 Å². The second-order valence-electron chi connectivity index (χ2n) is 2.42. The van der Waals surface area contributed by atoms with Crippen LogP contribution in [0, 0.1) is 6.92 Å². The van der Waals surface area contributed by atoms with Crippen molar-refractivity contribution < 1.29 is 0 Å². The Morgan fingerprint density at radius 3 is 2.60 bits per heavy atom. The largest absolute Gasteiger partial charge is 0.374 e. The third kappa shape index (κ3) is 1.01. The van der Waals surface area contributed by atoms with Crippen molar-refractivity contribution >= 4 is 5.82 Å². The first kappa shape index (κ1) is 7.19.